The third-order valence-electron chi connectivity index (χ3n) is 3.38. The molecule has 0 saturated heterocycles. The minimum Gasteiger partial charge on any atom is -0.385 e. The number of benzene rings is 1. The maximum absolute atomic E-state index is 12.0. The van der Waals surface area contributed by atoms with Gasteiger partial charge in [0.2, 0.25) is 0 Å². The molecule has 0 fully saturated rings. The van der Waals surface area contributed by atoms with Crippen molar-refractivity contribution in [1.29, 1.82) is 5.26 Å². The zero-order valence-corrected chi connectivity index (χ0v) is 12.1. The Balaban J connectivity index is 2.01. The minimum absolute atomic E-state index is 0.129. The van der Waals surface area contributed by atoms with E-state index in [1.54, 1.807) is 13.3 Å². The molecule has 1 amide bonds. The lowest BCUT2D eigenvalue weighted by molar-refractivity contribution is -0.117. The number of nitriles is 1. The van der Waals surface area contributed by atoms with Gasteiger partial charge in [0, 0.05) is 38.7 Å². The predicted octanol–water partition coefficient (Wildman–Crippen LogP) is 1.61. The van der Waals surface area contributed by atoms with Gasteiger partial charge in [-0.15, -0.1) is 0 Å². The number of nitrogens with zero attached hydrogens (tertiary/aromatic N) is 2. The second-order valence-electron chi connectivity index (χ2n) is 4.83. The summed E-state index contributed by atoms with van der Waals surface area (Å²) in [5.41, 5.74) is 2.44. The first-order chi connectivity index (χ1) is 10.3. The molecule has 1 aromatic carbocycles. The zero-order chi connectivity index (χ0) is 15.1. The maximum Gasteiger partial charge on any atom is 0.263 e. The summed E-state index contributed by atoms with van der Waals surface area (Å²) < 4.78 is 4.92. The topological polar surface area (TPSA) is 65.4 Å². The van der Waals surface area contributed by atoms with Gasteiger partial charge >= 0.3 is 0 Å². The highest BCUT2D eigenvalue weighted by molar-refractivity contribution is 5.97. The Morgan fingerprint density at radius 2 is 2.33 bits per heavy atom. The summed E-state index contributed by atoms with van der Waals surface area (Å²) in [5.74, 6) is -0.335. The lowest BCUT2D eigenvalue weighted by Crippen LogP contribution is -2.27. The van der Waals surface area contributed by atoms with E-state index in [0.29, 0.717) is 13.2 Å². The number of hydrogen-bond acceptors (Lipinski definition) is 4. The van der Waals surface area contributed by atoms with E-state index in [1.807, 2.05) is 29.2 Å². The van der Waals surface area contributed by atoms with Crippen molar-refractivity contribution in [3.8, 4) is 6.07 Å². The Bertz CT molecular complexity index is 575. The summed E-state index contributed by atoms with van der Waals surface area (Å²) in [7, 11) is 1.62. The van der Waals surface area contributed by atoms with Crippen LogP contribution in [0.25, 0.3) is 0 Å². The highest BCUT2D eigenvalue weighted by Crippen LogP contribution is 2.27. The smallest absolute Gasteiger partial charge is 0.263 e. The van der Waals surface area contributed by atoms with E-state index in [4.69, 9.17) is 4.74 Å². The van der Waals surface area contributed by atoms with Crippen LogP contribution < -0.4 is 10.2 Å². The van der Waals surface area contributed by atoms with Crippen LogP contribution >= 0.6 is 0 Å². The predicted molar refractivity (Wildman–Crippen MR) is 80.7 cm³/mol. The molecule has 1 aliphatic rings. The fraction of sp³-hybridized carbons (Fsp3) is 0.375. The molecule has 0 unspecified atom stereocenters. The van der Waals surface area contributed by atoms with E-state index in [9.17, 15) is 10.1 Å². The van der Waals surface area contributed by atoms with Gasteiger partial charge in [0.1, 0.15) is 11.6 Å². The van der Waals surface area contributed by atoms with Crippen LogP contribution in [-0.4, -0.2) is 32.7 Å². The number of carbonyl (C=O) groups excluding carboxylic acids is 1. The molecule has 110 valence electrons. The number of fused-ring (bicyclic) bond motifs is 1. The second-order valence-corrected chi connectivity index (χ2v) is 4.83. The number of rotatable bonds is 6. The molecule has 2 rings (SSSR count). The number of hydrogen-bond donors (Lipinski definition) is 1. The van der Waals surface area contributed by atoms with Crippen molar-refractivity contribution in [2.24, 2.45) is 0 Å². The molecule has 0 aliphatic carbocycles. The van der Waals surface area contributed by atoms with Crippen molar-refractivity contribution >= 4 is 11.6 Å². The highest BCUT2D eigenvalue weighted by atomic mass is 16.5. The molecule has 0 saturated carbocycles. The molecule has 0 radical (unpaired) electrons. The first-order valence-electron chi connectivity index (χ1n) is 7.00. The van der Waals surface area contributed by atoms with Gasteiger partial charge in [-0.25, -0.2) is 0 Å². The molecule has 0 spiro atoms. The Morgan fingerprint density at radius 1 is 1.52 bits per heavy atom. The SMILES string of the molecule is COCCCNC(=O)/C(C#N)=C\N1CCc2ccccc21. The number of nitrogens with one attached hydrogen (secondary N) is 1. The number of carbonyl (C=O) groups is 1. The summed E-state index contributed by atoms with van der Waals surface area (Å²) in [6, 6.07) is 10.0. The van der Waals surface area contributed by atoms with Gasteiger partial charge < -0.3 is 15.0 Å². The Hall–Kier alpha value is -2.32. The van der Waals surface area contributed by atoms with Crippen molar-refractivity contribution in [2.45, 2.75) is 12.8 Å². The van der Waals surface area contributed by atoms with Crippen LogP contribution in [0.2, 0.25) is 0 Å². The molecule has 1 aromatic rings. The van der Waals surface area contributed by atoms with E-state index in [-0.39, 0.29) is 11.5 Å². The molecule has 1 N–H and O–H groups in total. The van der Waals surface area contributed by atoms with E-state index in [1.165, 1.54) is 5.56 Å². The molecule has 0 atom stereocenters. The molecule has 21 heavy (non-hydrogen) atoms. The quantitative estimate of drug-likeness (QED) is 0.490. The Morgan fingerprint density at radius 3 is 3.10 bits per heavy atom. The van der Waals surface area contributed by atoms with Crippen LogP contribution in [0.1, 0.15) is 12.0 Å². The van der Waals surface area contributed by atoms with Gasteiger partial charge in [0.05, 0.1) is 0 Å². The van der Waals surface area contributed by atoms with Crippen molar-refractivity contribution in [3.05, 3.63) is 41.6 Å². The lowest BCUT2D eigenvalue weighted by Gasteiger charge is -2.14. The third kappa shape index (κ3) is 3.83. The van der Waals surface area contributed by atoms with Gasteiger partial charge in [-0.05, 0) is 24.5 Å². The molecule has 1 aliphatic heterocycles. The van der Waals surface area contributed by atoms with Crippen molar-refractivity contribution in [2.75, 3.05) is 31.7 Å². The van der Waals surface area contributed by atoms with Gasteiger partial charge in [0.15, 0.2) is 0 Å². The van der Waals surface area contributed by atoms with Crippen molar-refractivity contribution < 1.29 is 9.53 Å². The fourth-order valence-corrected chi connectivity index (χ4v) is 2.31. The normalized spacial score (nSPS) is 13.7. The minimum atomic E-state index is -0.335. The molecule has 1 heterocycles. The lowest BCUT2D eigenvalue weighted by atomic mass is 10.2. The standard InChI is InChI=1S/C16H19N3O2/c1-21-10-4-8-18-16(20)14(11-17)12-19-9-7-13-5-2-3-6-15(13)19/h2-3,5-6,12H,4,7-10H2,1H3,(H,18,20)/b14-12-. The number of amides is 1. The average Bonchev–Trinajstić information content (AvgIpc) is 2.92. The summed E-state index contributed by atoms with van der Waals surface area (Å²) in [6.07, 6.45) is 3.30. The average molecular weight is 285 g/mol. The summed E-state index contributed by atoms with van der Waals surface area (Å²) in [5, 5.41) is 11.9. The Kier molecular flexibility index (Phi) is 5.35. The van der Waals surface area contributed by atoms with Gasteiger partial charge in [-0.3, -0.25) is 4.79 Å². The molecular weight excluding hydrogens is 266 g/mol. The van der Waals surface area contributed by atoms with Crippen LogP contribution in [0.4, 0.5) is 5.69 Å². The molecular formula is C16H19N3O2. The largest absolute Gasteiger partial charge is 0.385 e. The number of ether oxygens (including phenoxy) is 1. The van der Waals surface area contributed by atoms with Crippen LogP contribution in [0, 0.1) is 11.3 Å². The molecule has 0 bridgehead atoms. The maximum atomic E-state index is 12.0. The highest BCUT2D eigenvalue weighted by Gasteiger charge is 2.18. The van der Waals surface area contributed by atoms with E-state index in [0.717, 1.165) is 25.1 Å². The molecule has 0 aromatic heterocycles. The number of anilines is 1. The van der Waals surface area contributed by atoms with Crippen LogP contribution in [-0.2, 0) is 16.0 Å². The first kappa shape index (κ1) is 15.1. The molecule has 5 heteroatoms. The first-order valence-corrected chi connectivity index (χ1v) is 7.00. The van der Waals surface area contributed by atoms with Crippen LogP contribution in [0.5, 0.6) is 0 Å². The van der Waals surface area contributed by atoms with Crippen LogP contribution in [0.3, 0.4) is 0 Å². The van der Waals surface area contributed by atoms with Crippen molar-refractivity contribution in [1.82, 2.24) is 5.32 Å². The monoisotopic (exact) mass is 285 g/mol. The summed E-state index contributed by atoms with van der Waals surface area (Å²) in [6.45, 7) is 1.88. The third-order valence-corrected chi connectivity index (χ3v) is 3.38. The van der Waals surface area contributed by atoms with E-state index < -0.39 is 0 Å². The summed E-state index contributed by atoms with van der Waals surface area (Å²) >= 11 is 0. The number of para-hydroxylation sites is 1. The van der Waals surface area contributed by atoms with Gasteiger partial charge in [0.25, 0.3) is 5.91 Å². The van der Waals surface area contributed by atoms with E-state index in [2.05, 4.69) is 11.4 Å². The Labute approximate surface area is 124 Å². The van der Waals surface area contributed by atoms with Crippen molar-refractivity contribution in [3.63, 3.8) is 0 Å². The van der Waals surface area contributed by atoms with Crippen LogP contribution in [0.15, 0.2) is 36.0 Å². The van der Waals surface area contributed by atoms with Gasteiger partial charge in [-0.2, -0.15) is 5.26 Å². The fourth-order valence-electron chi connectivity index (χ4n) is 2.31. The number of methoxy groups -OCH3 is 1. The zero-order valence-electron chi connectivity index (χ0n) is 12.1. The second kappa shape index (κ2) is 7.46. The van der Waals surface area contributed by atoms with E-state index >= 15 is 0 Å². The van der Waals surface area contributed by atoms with Gasteiger partial charge in [-0.1, -0.05) is 18.2 Å². The molecule has 5 nitrogen and oxygen atoms in total. The summed E-state index contributed by atoms with van der Waals surface area (Å²) in [4.78, 5) is 13.9.